The molecule has 1 fully saturated rings. The molecular formula is C17H23N3. The Balaban J connectivity index is 1.49. The molecule has 1 aliphatic rings. The predicted molar refractivity (Wildman–Crippen MR) is 81.4 cm³/mol. The van der Waals surface area contributed by atoms with Gasteiger partial charge >= 0.3 is 0 Å². The lowest BCUT2D eigenvalue weighted by Crippen LogP contribution is -2.34. The third kappa shape index (κ3) is 3.28. The number of hydrogen-bond donors (Lipinski definition) is 0. The van der Waals surface area contributed by atoms with E-state index in [-0.39, 0.29) is 0 Å². The summed E-state index contributed by atoms with van der Waals surface area (Å²) in [6, 6.07) is 10.9. The molecule has 106 valence electrons. The van der Waals surface area contributed by atoms with Gasteiger partial charge in [-0.1, -0.05) is 30.3 Å². The van der Waals surface area contributed by atoms with Crippen molar-refractivity contribution in [1.29, 1.82) is 0 Å². The molecule has 0 bridgehead atoms. The molecular weight excluding hydrogens is 246 g/mol. The van der Waals surface area contributed by atoms with Gasteiger partial charge in [0.15, 0.2) is 0 Å². The first kappa shape index (κ1) is 13.4. The van der Waals surface area contributed by atoms with Crippen molar-refractivity contribution in [3.05, 3.63) is 54.1 Å². The van der Waals surface area contributed by atoms with E-state index in [1.165, 1.54) is 43.7 Å². The molecule has 3 rings (SSSR count). The smallest absolute Gasteiger partial charge is 0.122 e. The fraction of sp³-hybridized carbons (Fsp3) is 0.471. The molecule has 3 nitrogen and oxygen atoms in total. The third-order valence-electron chi connectivity index (χ3n) is 4.36. The Bertz CT molecular complexity index is 524. The molecule has 0 radical (unpaired) electrons. The Morgan fingerprint density at radius 1 is 1.15 bits per heavy atom. The van der Waals surface area contributed by atoms with Crippen LogP contribution in [0.1, 0.15) is 24.2 Å². The van der Waals surface area contributed by atoms with Gasteiger partial charge in [-0.25, -0.2) is 4.98 Å². The molecule has 0 atom stereocenters. The van der Waals surface area contributed by atoms with E-state index in [1.807, 2.05) is 12.4 Å². The second kappa shape index (κ2) is 6.23. The van der Waals surface area contributed by atoms with Crippen LogP contribution in [0.5, 0.6) is 0 Å². The molecule has 20 heavy (non-hydrogen) atoms. The summed E-state index contributed by atoms with van der Waals surface area (Å²) >= 11 is 0. The number of aryl methyl sites for hydroxylation is 1. The summed E-state index contributed by atoms with van der Waals surface area (Å²) in [5.41, 5.74) is 1.48. The topological polar surface area (TPSA) is 21.1 Å². The van der Waals surface area contributed by atoms with Crippen molar-refractivity contribution in [2.75, 3.05) is 13.1 Å². The van der Waals surface area contributed by atoms with Crippen molar-refractivity contribution in [3.8, 4) is 0 Å². The highest BCUT2D eigenvalue weighted by Crippen LogP contribution is 2.22. The maximum atomic E-state index is 4.42. The van der Waals surface area contributed by atoms with Gasteiger partial charge in [0.1, 0.15) is 5.82 Å². The van der Waals surface area contributed by atoms with Crippen LogP contribution in [0, 0.1) is 5.92 Å². The van der Waals surface area contributed by atoms with E-state index >= 15 is 0 Å². The Labute approximate surface area is 121 Å². The zero-order chi connectivity index (χ0) is 13.8. The van der Waals surface area contributed by atoms with E-state index in [4.69, 9.17) is 0 Å². The van der Waals surface area contributed by atoms with Crippen LogP contribution < -0.4 is 0 Å². The predicted octanol–water partition coefficient (Wildman–Crippen LogP) is 2.87. The Morgan fingerprint density at radius 2 is 1.90 bits per heavy atom. The Hall–Kier alpha value is -1.61. The molecule has 0 N–H and O–H groups in total. The molecule has 0 unspecified atom stereocenters. The van der Waals surface area contributed by atoms with E-state index < -0.39 is 0 Å². The van der Waals surface area contributed by atoms with E-state index in [2.05, 4.69) is 51.8 Å². The third-order valence-corrected chi connectivity index (χ3v) is 4.36. The summed E-state index contributed by atoms with van der Waals surface area (Å²) in [5, 5.41) is 0. The van der Waals surface area contributed by atoms with Gasteiger partial charge in [-0.3, -0.25) is 4.90 Å². The van der Waals surface area contributed by atoms with Gasteiger partial charge < -0.3 is 4.57 Å². The molecule has 1 aromatic heterocycles. The van der Waals surface area contributed by atoms with E-state index in [1.54, 1.807) is 0 Å². The molecule has 1 aromatic carbocycles. The van der Waals surface area contributed by atoms with Crippen LogP contribution in [0.15, 0.2) is 42.7 Å². The standard InChI is InChI=1S/C17H23N3/c1-19-12-9-18-17(19)14-20-10-7-16(8-11-20)13-15-5-3-2-4-6-15/h2-6,9,12,16H,7-8,10-11,13-14H2,1H3. The van der Waals surface area contributed by atoms with Crippen LogP contribution in [-0.4, -0.2) is 27.5 Å². The van der Waals surface area contributed by atoms with Crippen molar-refractivity contribution in [2.24, 2.45) is 13.0 Å². The van der Waals surface area contributed by atoms with Gasteiger partial charge in [-0.15, -0.1) is 0 Å². The minimum Gasteiger partial charge on any atom is -0.337 e. The summed E-state index contributed by atoms with van der Waals surface area (Å²) in [7, 11) is 2.07. The van der Waals surface area contributed by atoms with Crippen LogP contribution in [0.3, 0.4) is 0 Å². The molecule has 0 spiro atoms. The van der Waals surface area contributed by atoms with Crippen LogP contribution in [0.25, 0.3) is 0 Å². The summed E-state index contributed by atoms with van der Waals surface area (Å²) in [6.07, 6.45) is 7.75. The molecule has 1 aliphatic heterocycles. The maximum Gasteiger partial charge on any atom is 0.122 e. The largest absolute Gasteiger partial charge is 0.337 e. The summed E-state index contributed by atoms with van der Waals surface area (Å²) in [4.78, 5) is 6.95. The van der Waals surface area contributed by atoms with Gasteiger partial charge in [0.25, 0.3) is 0 Å². The van der Waals surface area contributed by atoms with Crippen LogP contribution >= 0.6 is 0 Å². The average molecular weight is 269 g/mol. The highest BCUT2D eigenvalue weighted by atomic mass is 15.2. The fourth-order valence-electron chi connectivity index (χ4n) is 3.04. The lowest BCUT2D eigenvalue weighted by molar-refractivity contribution is 0.172. The quantitative estimate of drug-likeness (QED) is 0.851. The first-order valence-corrected chi connectivity index (χ1v) is 7.54. The van der Waals surface area contributed by atoms with Gasteiger partial charge in [-0.05, 0) is 43.8 Å². The van der Waals surface area contributed by atoms with Crippen LogP contribution in [0.2, 0.25) is 0 Å². The molecule has 3 heteroatoms. The number of likely N-dealkylation sites (tertiary alicyclic amines) is 1. The second-order valence-electron chi connectivity index (χ2n) is 5.86. The molecule has 0 aliphatic carbocycles. The minimum atomic E-state index is 0.843. The summed E-state index contributed by atoms with van der Waals surface area (Å²) in [6.45, 7) is 3.39. The second-order valence-corrected chi connectivity index (χ2v) is 5.86. The molecule has 0 saturated carbocycles. The van der Waals surface area contributed by atoms with Crippen LogP contribution in [0.4, 0.5) is 0 Å². The van der Waals surface area contributed by atoms with E-state index in [0.717, 1.165) is 12.5 Å². The normalized spacial score (nSPS) is 17.4. The zero-order valence-electron chi connectivity index (χ0n) is 12.2. The highest BCUT2D eigenvalue weighted by Gasteiger charge is 2.20. The number of nitrogens with zero attached hydrogens (tertiary/aromatic N) is 3. The van der Waals surface area contributed by atoms with Crippen molar-refractivity contribution >= 4 is 0 Å². The summed E-state index contributed by atoms with van der Waals surface area (Å²) in [5.74, 6) is 2.02. The monoisotopic (exact) mass is 269 g/mol. The minimum absolute atomic E-state index is 0.843. The molecule has 2 heterocycles. The SMILES string of the molecule is Cn1ccnc1CN1CCC(Cc2ccccc2)CC1. The first-order valence-electron chi connectivity index (χ1n) is 7.54. The van der Waals surface area contributed by atoms with Gasteiger partial charge in [-0.2, -0.15) is 0 Å². The lowest BCUT2D eigenvalue weighted by atomic mass is 9.90. The molecule has 1 saturated heterocycles. The van der Waals surface area contributed by atoms with Crippen molar-refractivity contribution in [2.45, 2.75) is 25.8 Å². The number of hydrogen-bond acceptors (Lipinski definition) is 2. The number of rotatable bonds is 4. The lowest BCUT2D eigenvalue weighted by Gasteiger charge is -2.31. The van der Waals surface area contributed by atoms with Crippen molar-refractivity contribution < 1.29 is 0 Å². The Morgan fingerprint density at radius 3 is 2.55 bits per heavy atom. The van der Waals surface area contributed by atoms with Gasteiger partial charge in [0, 0.05) is 19.4 Å². The van der Waals surface area contributed by atoms with E-state index in [9.17, 15) is 0 Å². The first-order chi connectivity index (χ1) is 9.81. The van der Waals surface area contributed by atoms with E-state index in [0.29, 0.717) is 0 Å². The maximum absolute atomic E-state index is 4.42. The van der Waals surface area contributed by atoms with Crippen molar-refractivity contribution in [3.63, 3.8) is 0 Å². The number of piperidine rings is 1. The fourth-order valence-corrected chi connectivity index (χ4v) is 3.04. The highest BCUT2D eigenvalue weighted by molar-refractivity contribution is 5.15. The molecule has 2 aromatic rings. The zero-order valence-corrected chi connectivity index (χ0v) is 12.2. The average Bonchev–Trinajstić information content (AvgIpc) is 2.88. The van der Waals surface area contributed by atoms with Crippen molar-refractivity contribution in [1.82, 2.24) is 14.5 Å². The molecule has 0 amide bonds. The number of benzene rings is 1. The van der Waals surface area contributed by atoms with Gasteiger partial charge in [0.05, 0.1) is 6.54 Å². The summed E-state index contributed by atoms with van der Waals surface area (Å²) < 4.78 is 2.12. The number of aromatic nitrogens is 2. The van der Waals surface area contributed by atoms with Crippen LogP contribution in [-0.2, 0) is 20.0 Å². The van der Waals surface area contributed by atoms with Gasteiger partial charge in [0.2, 0.25) is 0 Å². The Kier molecular flexibility index (Phi) is 4.16. The number of imidazole rings is 1.